The Bertz CT molecular complexity index is 491. The molecule has 2 rings (SSSR count). The van der Waals surface area contributed by atoms with Crippen LogP contribution in [-0.4, -0.2) is 24.1 Å². The first-order valence-electron chi connectivity index (χ1n) is 3.89. The summed E-state index contributed by atoms with van der Waals surface area (Å²) in [6.45, 7) is 0.336. The molecule has 2 heterocycles. The average Bonchev–Trinajstić information content (AvgIpc) is 2.77. The van der Waals surface area contributed by atoms with Crippen molar-refractivity contribution in [2.45, 2.75) is 6.54 Å². The lowest BCUT2D eigenvalue weighted by Gasteiger charge is -1.95. The van der Waals surface area contributed by atoms with Gasteiger partial charge in [0.2, 0.25) is 6.33 Å². The molecule has 15 heavy (non-hydrogen) atoms. The standard InChI is InChI=1S/C6H6N6O2S/c7-6-4(9-10-15-6)1-11-2-5(8-3-11)12(13)14/h2-3H,1,7H2. The van der Waals surface area contributed by atoms with Crippen LogP contribution >= 0.6 is 11.5 Å². The normalized spacial score (nSPS) is 10.4. The van der Waals surface area contributed by atoms with Crippen LogP contribution in [0.3, 0.4) is 0 Å². The zero-order valence-electron chi connectivity index (χ0n) is 7.40. The van der Waals surface area contributed by atoms with Crippen molar-refractivity contribution in [3.8, 4) is 0 Å². The quantitative estimate of drug-likeness (QED) is 0.593. The molecule has 0 saturated heterocycles. The average molecular weight is 226 g/mol. The number of nitrogens with zero attached hydrogens (tertiary/aromatic N) is 5. The van der Waals surface area contributed by atoms with Gasteiger partial charge < -0.3 is 20.4 Å². The Morgan fingerprint density at radius 2 is 2.47 bits per heavy atom. The van der Waals surface area contributed by atoms with Gasteiger partial charge in [-0.05, 0) is 9.91 Å². The van der Waals surface area contributed by atoms with Gasteiger partial charge in [0.15, 0.2) is 0 Å². The van der Waals surface area contributed by atoms with Crippen LogP contribution in [0.25, 0.3) is 0 Å². The first kappa shape index (κ1) is 9.52. The molecule has 2 aromatic rings. The summed E-state index contributed by atoms with van der Waals surface area (Å²) in [5.41, 5.74) is 6.17. The number of nitrogens with two attached hydrogens (primary N) is 1. The van der Waals surface area contributed by atoms with E-state index in [0.29, 0.717) is 17.2 Å². The van der Waals surface area contributed by atoms with Crippen LogP contribution in [0.2, 0.25) is 0 Å². The molecular weight excluding hydrogens is 220 g/mol. The summed E-state index contributed by atoms with van der Waals surface area (Å²) in [7, 11) is 0. The van der Waals surface area contributed by atoms with E-state index in [1.54, 1.807) is 0 Å². The summed E-state index contributed by atoms with van der Waals surface area (Å²) in [4.78, 5) is 13.4. The van der Waals surface area contributed by atoms with Crippen molar-refractivity contribution in [3.05, 3.63) is 28.3 Å². The van der Waals surface area contributed by atoms with E-state index in [-0.39, 0.29) is 5.82 Å². The number of nitro groups is 1. The SMILES string of the molecule is Nc1snnc1Cn1cnc([N+](=O)[O-])c1. The van der Waals surface area contributed by atoms with E-state index in [9.17, 15) is 10.1 Å². The molecule has 0 aromatic carbocycles. The highest BCUT2D eigenvalue weighted by atomic mass is 32.1. The summed E-state index contributed by atoms with van der Waals surface area (Å²) in [5.74, 6) is -0.197. The molecule has 0 unspecified atom stereocenters. The van der Waals surface area contributed by atoms with Gasteiger partial charge in [-0.2, -0.15) is 0 Å². The highest BCUT2D eigenvalue weighted by Crippen LogP contribution is 2.15. The first-order valence-corrected chi connectivity index (χ1v) is 4.67. The molecule has 0 aliphatic rings. The van der Waals surface area contributed by atoms with Crippen molar-refractivity contribution in [3.63, 3.8) is 0 Å². The summed E-state index contributed by atoms with van der Waals surface area (Å²) in [5, 5.41) is 14.7. The molecule has 2 N–H and O–H groups in total. The van der Waals surface area contributed by atoms with Crippen molar-refractivity contribution in [1.82, 2.24) is 19.1 Å². The number of nitrogen functional groups attached to an aromatic ring is 1. The number of anilines is 1. The monoisotopic (exact) mass is 226 g/mol. The summed E-state index contributed by atoms with van der Waals surface area (Å²) in [6.07, 6.45) is 2.68. The minimum absolute atomic E-state index is 0.197. The van der Waals surface area contributed by atoms with Crippen molar-refractivity contribution in [2.75, 3.05) is 5.73 Å². The Balaban J connectivity index is 2.18. The molecule has 0 fully saturated rings. The Labute approximate surface area is 87.7 Å². The van der Waals surface area contributed by atoms with E-state index in [0.717, 1.165) is 11.5 Å². The largest absolute Gasteiger partial charge is 0.388 e. The Morgan fingerprint density at radius 1 is 1.67 bits per heavy atom. The maximum absolute atomic E-state index is 10.4. The van der Waals surface area contributed by atoms with E-state index in [2.05, 4.69) is 14.6 Å². The molecule has 0 aliphatic heterocycles. The summed E-state index contributed by atoms with van der Waals surface area (Å²) in [6, 6.07) is 0. The number of hydrogen-bond acceptors (Lipinski definition) is 7. The molecule has 9 heteroatoms. The molecule has 0 bridgehead atoms. The molecule has 0 saturated carbocycles. The fourth-order valence-electron chi connectivity index (χ4n) is 1.03. The lowest BCUT2D eigenvalue weighted by molar-refractivity contribution is -0.389. The molecule has 0 amide bonds. The second-order valence-corrected chi connectivity index (χ2v) is 3.53. The van der Waals surface area contributed by atoms with Gasteiger partial charge in [0, 0.05) is 11.5 Å². The van der Waals surface area contributed by atoms with Crippen LogP contribution in [0, 0.1) is 10.1 Å². The Kier molecular flexibility index (Phi) is 2.29. The number of rotatable bonds is 3. The van der Waals surface area contributed by atoms with Crippen LogP contribution in [-0.2, 0) is 6.54 Å². The third-order valence-electron chi connectivity index (χ3n) is 1.72. The minimum atomic E-state index is -0.556. The second kappa shape index (κ2) is 3.61. The van der Waals surface area contributed by atoms with E-state index in [1.807, 2.05) is 0 Å². The van der Waals surface area contributed by atoms with Crippen molar-refractivity contribution in [1.29, 1.82) is 0 Å². The molecular formula is C6H6N6O2S. The van der Waals surface area contributed by atoms with Gasteiger partial charge in [0.1, 0.15) is 16.9 Å². The highest BCUT2D eigenvalue weighted by molar-refractivity contribution is 7.09. The molecule has 8 nitrogen and oxygen atoms in total. The smallest absolute Gasteiger partial charge is 0.381 e. The second-order valence-electron chi connectivity index (χ2n) is 2.75. The Hall–Kier alpha value is -2.03. The topological polar surface area (TPSA) is 113 Å². The third-order valence-corrected chi connectivity index (χ3v) is 2.32. The van der Waals surface area contributed by atoms with E-state index >= 15 is 0 Å². The fourth-order valence-corrected chi connectivity index (χ4v) is 1.47. The molecule has 0 aliphatic carbocycles. The summed E-state index contributed by atoms with van der Waals surface area (Å²) >= 11 is 1.09. The Morgan fingerprint density at radius 3 is 3.00 bits per heavy atom. The number of aromatic nitrogens is 4. The zero-order chi connectivity index (χ0) is 10.8. The molecule has 2 aromatic heterocycles. The minimum Gasteiger partial charge on any atom is -0.388 e. The maximum Gasteiger partial charge on any atom is 0.381 e. The lowest BCUT2D eigenvalue weighted by Crippen LogP contribution is -1.99. The predicted octanol–water partition coefficient (Wildman–Crippen LogP) is 0.273. The van der Waals surface area contributed by atoms with Gasteiger partial charge in [0.05, 0.1) is 6.54 Å². The number of hydrogen-bond donors (Lipinski definition) is 1. The van der Waals surface area contributed by atoms with E-state index in [1.165, 1.54) is 17.1 Å². The predicted molar refractivity (Wildman–Crippen MR) is 52.3 cm³/mol. The van der Waals surface area contributed by atoms with Gasteiger partial charge in [-0.1, -0.05) is 4.49 Å². The molecule has 0 radical (unpaired) electrons. The van der Waals surface area contributed by atoms with Crippen LogP contribution in [0.4, 0.5) is 10.8 Å². The van der Waals surface area contributed by atoms with E-state index in [4.69, 9.17) is 5.73 Å². The highest BCUT2D eigenvalue weighted by Gasteiger charge is 2.12. The van der Waals surface area contributed by atoms with Crippen LogP contribution in [0.15, 0.2) is 12.5 Å². The third kappa shape index (κ3) is 1.91. The van der Waals surface area contributed by atoms with E-state index < -0.39 is 4.92 Å². The molecule has 0 spiro atoms. The fraction of sp³-hybridized carbons (Fsp3) is 0.167. The zero-order valence-corrected chi connectivity index (χ0v) is 8.22. The van der Waals surface area contributed by atoms with Crippen LogP contribution in [0.5, 0.6) is 0 Å². The van der Waals surface area contributed by atoms with Gasteiger partial charge in [-0.15, -0.1) is 5.10 Å². The van der Waals surface area contributed by atoms with Gasteiger partial charge in [-0.25, -0.2) is 0 Å². The maximum atomic E-state index is 10.4. The van der Waals surface area contributed by atoms with Gasteiger partial charge in [-0.3, -0.25) is 0 Å². The first-order chi connectivity index (χ1) is 7.16. The van der Waals surface area contributed by atoms with Crippen molar-refractivity contribution < 1.29 is 4.92 Å². The molecule has 78 valence electrons. The lowest BCUT2D eigenvalue weighted by atomic mass is 10.4. The molecule has 0 atom stereocenters. The summed E-state index contributed by atoms with van der Waals surface area (Å²) < 4.78 is 5.19. The van der Waals surface area contributed by atoms with Crippen LogP contribution in [0.1, 0.15) is 5.69 Å². The van der Waals surface area contributed by atoms with Gasteiger partial charge in [0.25, 0.3) is 0 Å². The van der Waals surface area contributed by atoms with Crippen LogP contribution < -0.4 is 5.73 Å². The van der Waals surface area contributed by atoms with Crippen molar-refractivity contribution >= 4 is 22.4 Å². The van der Waals surface area contributed by atoms with Gasteiger partial charge >= 0.3 is 5.82 Å². The van der Waals surface area contributed by atoms with Crippen molar-refractivity contribution in [2.24, 2.45) is 0 Å². The number of imidazole rings is 1.